The number of phosphoric ester groups is 1. The van der Waals surface area contributed by atoms with Crippen molar-refractivity contribution in [1.29, 1.82) is 5.41 Å². The van der Waals surface area contributed by atoms with Gasteiger partial charge in [0.15, 0.2) is 12.0 Å². The van der Waals surface area contributed by atoms with Crippen LogP contribution in [0.4, 0.5) is 0 Å². The number of carbonyl (C=O) groups is 1. The summed E-state index contributed by atoms with van der Waals surface area (Å²) in [6.07, 6.45) is 3.07. The maximum Gasteiger partial charge on any atom is 0.472 e. The lowest BCUT2D eigenvalue weighted by atomic mass is 10.0. The van der Waals surface area contributed by atoms with E-state index in [4.69, 9.17) is 28.7 Å². The molecule has 0 saturated carbocycles. The van der Waals surface area contributed by atoms with Crippen LogP contribution in [-0.2, 0) is 39.0 Å². The Labute approximate surface area is 189 Å². The number of phosphoric acid groups is 1. The van der Waals surface area contributed by atoms with Gasteiger partial charge in [0.2, 0.25) is 0 Å². The van der Waals surface area contributed by atoms with E-state index in [0.717, 1.165) is 12.1 Å². The molecule has 2 fully saturated rings. The number of imidazole rings is 1. The Morgan fingerprint density at radius 3 is 3.06 bits per heavy atom. The predicted octanol–water partition coefficient (Wildman–Crippen LogP) is 1.90. The van der Waals surface area contributed by atoms with Crippen molar-refractivity contribution < 1.29 is 37.5 Å². The first-order chi connectivity index (χ1) is 15.9. The highest BCUT2D eigenvalue weighted by Crippen LogP contribution is 2.52. The van der Waals surface area contributed by atoms with E-state index in [2.05, 4.69) is 15.0 Å². The van der Waals surface area contributed by atoms with E-state index in [1.807, 2.05) is 6.92 Å². The zero-order valence-electron chi connectivity index (χ0n) is 18.0. The second-order valence-electron chi connectivity index (χ2n) is 7.71. The Morgan fingerprint density at radius 1 is 1.42 bits per heavy atom. The molecular weight excluding hydrogens is 457 g/mol. The molecule has 13 nitrogen and oxygen atoms in total. The van der Waals surface area contributed by atoms with Crippen LogP contribution in [0.2, 0.25) is 0 Å². The first-order valence-corrected chi connectivity index (χ1v) is 12.2. The molecule has 0 aliphatic carbocycles. The van der Waals surface area contributed by atoms with Crippen LogP contribution in [0.25, 0.3) is 11.2 Å². The highest BCUT2D eigenvalue weighted by Gasteiger charge is 2.50. The minimum atomic E-state index is -4.25. The van der Waals surface area contributed by atoms with Crippen molar-refractivity contribution in [3.8, 4) is 0 Å². The van der Waals surface area contributed by atoms with Crippen molar-refractivity contribution in [2.24, 2.45) is 0 Å². The molecule has 180 valence electrons. The van der Waals surface area contributed by atoms with Gasteiger partial charge in [0.05, 0.1) is 25.2 Å². The van der Waals surface area contributed by atoms with Crippen LogP contribution < -0.4 is 0 Å². The standard InChI is InChI=1S/C19H26N5O8P/c1-2-4-16(25)31-13-7-15(30-14-8-29-33(26,27)32-18(13)14)24-11-23-17-12(5-3-6-28-9-20)21-10-22-19(17)24/h9-11,13-15,18,20H,2-8H2,1H3,(H,26,27). The maximum absolute atomic E-state index is 12.2. The number of rotatable bonds is 9. The highest BCUT2D eigenvalue weighted by atomic mass is 31.2. The molecule has 5 unspecified atom stereocenters. The molecule has 0 aromatic carbocycles. The fourth-order valence-electron chi connectivity index (χ4n) is 3.93. The monoisotopic (exact) mass is 483 g/mol. The minimum absolute atomic E-state index is 0.175. The number of nitrogens with zero attached hydrogens (tertiary/aromatic N) is 4. The highest BCUT2D eigenvalue weighted by molar-refractivity contribution is 7.47. The normalized spacial score (nSPS) is 29.4. The Balaban J connectivity index is 1.57. The molecule has 0 amide bonds. The van der Waals surface area contributed by atoms with Crippen molar-refractivity contribution in [3.05, 3.63) is 18.3 Å². The van der Waals surface area contributed by atoms with Gasteiger partial charge in [-0.1, -0.05) is 6.92 Å². The van der Waals surface area contributed by atoms with Crippen LogP contribution in [0, 0.1) is 5.41 Å². The third-order valence-corrected chi connectivity index (χ3v) is 6.38. The van der Waals surface area contributed by atoms with Gasteiger partial charge in [0.25, 0.3) is 0 Å². The molecule has 2 saturated heterocycles. The quantitative estimate of drug-likeness (QED) is 0.176. The van der Waals surface area contributed by atoms with Crippen molar-refractivity contribution in [1.82, 2.24) is 19.5 Å². The molecule has 4 rings (SSSR count). The van der Waals surface area contributed by atoms with Gasteiger partial charge >= 0.3 is 13.8 Å². The molecule has 0 radical (unpaired) electrons. The molecule has 14 heteroatoms. The van der Waals surface area contributed by atoms with Crippen LogP contribution in [0.15, 0.2) is 12.7 Å². The van der Waals surface area contributed by atoms with Crippen LogP contribution in [0.1, 0.15) is 44.5 Å². The second kappa shape index (κ2) is 10.2. The number of carbonyl (C=O) groups excluding carboxylic acids is 1. The summed E-state index contributed by atoms with van der Waals surface area (Å²) in [4.78, 5) is 35.1. The Bertz CT molecular complexity index is 1050. The van der Waals surface area contributed by atoms with Gasteiger partial charge in [-0.15, -0.1) is 0 Å². The molecule has 0 spiro atoms. The summed E-state index contributed by atoms with van der Waals surface area (Å²) < 4.78 is 40.5. The van der Waals surface area contributed by atoms with E-state index in [0.29, 0.717) is 37.0 Å². The SMILES string of the molecule is CCCC(=O)OC1CC(n2cnc3c(CCCOC=N)ncnc32)OC2COP(=O)(O)OC12. The van der Waals surface area contributed by atoms with Gasteiger partial charge in [0.1, 0.15) is 36.4 Å². The predicted molar refractivity (Wildman–Crippen MR) is 112 cm³/mol. The van der Waals surface area contributed by atoms with Crippen molar-refractivity contribution >= 4 is 31.4 Å². The Kier molecular flexibility index (Phi) is 7.35. The molecule has 0 bridgehead atoms. The van der Waals surface area contributed by atoms with Crippen LogP contribution >= 0.6 is 7.82 Å². The van der Waals surface area contributed by atoms with Crippen LogP contribution in [0.3, 0.4) is 0 Å². The van der Waals surface area contributed by atoms with Crippen molar-refractivity contribution in [2.45, 2.75) is 63.6 Å². The largest absolute Gasteiger partial charge is 0.484 e. The third kappa shape index (κ3) is 5.39. The summed E-state index contributed by atoms with van der Waals surface area (Å²) in [6, 6.07) is 0. The van der Waals surface area contributed by atoms with Gasteiger partial charge in [-0.2, -0.15) is 0 Å². The molecule has 2 N–H and O–H groups in total. The van der Waals surface area contributed by atoms with Gasteiger partial charge in [-0.05, 0) is 19.3 Å². The summed E-state index contributed by atoms with van der Waals surface area (Å²) in [5, 5.41) is 6.92. The van der Waals surface area contributed by atoms with Gasteiger partial charge in [0, 0.05) is 12.8 Å². The Hall–Kier alpha value is -2.44. The number of hydrogen-bond acceptors (Lipinski definition) is 11. The molecule has 2 aromatic rings. The topological polar surface area (TPSA) is 168 Å². The minimum Gasteiger partial charge on any atom is -0.484 e. The number of fused-ring (bicyclic) bond motifs is 2. The first-order valence-electron chi connectivity index (χ1n) is 10.7. The summed E-state index contributed by atoms with van der Waals surface area (Å²) in [5.41, 5.74) is 1.88. The zero-order chi connectivity index (χ0) is 23.4. The maximum atomic E-state index is 12.2. The molecule has 4 heterocycles. The molecule has 2 aromatic heterocycles. The van der Waals surface area contributed by atoms with Crippen molar-refractivity contribution in [2.75, 3.05) is 13.2 Å². The molecule has 33 heavy (non-hydrogen) atoms. The third-order valence-electron chi connectivity index (χ3n) is 5.40. The molecular formula is C19H26N5O8P. The Morgan fingerprint density at radius 2 is 2.27 bits per heavy atom. The lowest BCUT2D eigenvalue weighted by Crippen LogP contribution is -2.53. The molecule has 2 aliphatic rings. The van der Waals surface area contributed by atoms with E-state index in [-0.39, 0.29) is 19.4 Å². The summed E-state index contributed by atoms with van der Waals surface area (Å²) >= 11 is 0. The van der Waals surface area contributed by atoms with Crippen molar-refractivity contribution in [3.63, 3.8) is 0 Å². The van der Waals surface area contributed by atoms with E-state index in [1.165, 1.54) is 6.33 Å². The summed E-state index contributed by atoms with van der Waals surface area (Å²) in [5.74, 6) is -0.419. The average Bonchev–Trinajstić information content (AvgIpc) is 3.22. The number of nitrogens with one attached hydrogen (secondary N) is 1. The lowest BCUT2D eigenvalue weighted by Gasteiger charge is -2.43. The molecule has 2 aliphatic heterocycles. The summed E-state index contributed by atoms with van der Waals surface area (Å²) in [7, 11) is -4.25. The van der Waals surface area contributed by atoms with Crippen LogP contribution in [0.5, 0.6) is 0 Å². The first kappa shape index (κ1) is 23.7. The van der Waals surface area contributed by atoms with Gasteiger partial charge in [-0.3, -0.25) is 23.8 Å². The van der Waals surface area contributed by atoms with E-state index < -0.39 is 38.3 Å². The number of aryl methyl sites for hydroxylation is 1. The smallest absolute Gasteiger partial charge is 0.472 e. The van der Waals surface area contributed by atoms with E-state index in [1.54, 1.807) is 10.9 Å². The zero-order valence-corrected chi connectivity index (χ0v) is 18.9. The van der Waals surface area contributed by atoms with E-state index in [9.17, 15) is 14.3 Å². The van der Waals surface area contributed by atoms with Crippen LogP contribution in [-0.4, -0.2) is 68.3 Å². The van der Waals surface area contributed by atoms with E-state index >= 15 is 0 Å². The average molecular weight is 483 g/mol. The second-order valence-corrected chi connectivity index (χ2v) is 9.12. The van der Waals surface area contributed by atoms with Gasteiger partial charge in [-0.25, -0.2) is 19.5 Å². The fraction of sp³-hybridized carbons (Fsp3) is 0.632. The fourth-order valence-corrected chi connectivity index (χ4v) is 4.91. The number of esters is 1. The lowest BCUT2D eigenvalue weighted by molar-refractivity contribution is -0.221. The number of hydrogen-bond donors (Lipinski definition) is 2. The number of ether oxygens (including phenoxy) is 3. The molecule has 5 atom stereocenters. The summed E-state index contributed by atoms with van der Waals surface area (Å²) in [6.45, 7) is 2.07. The number of aromatic nitrogens is 4. The van der Waals surface area contributed by atoms with Gasteiger partial charge < -0.3 is 19.1 Å².